The molecule has 2 aromatic rings. The van der Waals surface area contributed by atoms with Crippen LogP contribution in [0.4, 0.5) is 4.39 Å². The summed E-state index contributed by atoms with van der Waals surface area (Å²) in [5.74, 6) is 0.0673. The van der Waals surface area contributed by atoms with Gasteiger partial charge in [0, 0.05) is 43.5 Å². The number of piperidine rings is 1. The van der Waals surface area contributed by atoms with E-state index >= 15 is 0 Å². The summed E-state index contributed by atoms with van der Waals surface area (Å²) >= 11 is 0. The Labute approximate surface area is 154 Å². The second-order valence-corrected chi connectivity index (χ2v) is 6.92. The van der Waals surface area contributed by atoms with Gasteiger partial charge in [0.25, 0.3) is 0 Å². The van der Waals surface area contributed by atoms with E-state index < -0.39 is 0 Å². The molecule has 1 aromatic carbocycles. The van der Waals surface area contributed by atoms with Gasteiger partial charge in [0.15, 0.2) is 11.6 Å². The van der Waals surface area contributed by atoms with Crippen molar-refractivity contribution in [3.05, 3.63) is 36.4 Å². The van der Waals surface area contributed by atoms with Crippen LogP contribution in [0.2, 0.25) is 0 Å². The highest BCUT2D eigenvalue weighted by Crippen LogP contribution is 2.27. The molecule has 2 saturated heterocycles. The van der Waals surface area contributed by atoms with Gasteiger partial charge >= 0.3 is 0 Å². The summed E-state index contributed by atoms with van der Waals surface area (Å²) in [5.41, 5.74) is 0. The molecular formula is C19H25ClFN3O. The van der Waals surface area contributed by atoms with Crippen molar-refractivity contribution in [2.75, 3.05) is 26.2 Å². The largest absolute Gasteiger partial charge is 0.487 e. The molecule has 136 valence electrons. The molecule has 1 N–H and O–H groups in total. The second-order valence-electron chi connectivity index (χ2n) is 6.92. The Morgan fingerprint density at radius 2 is 2.04 bits per heavy atom. The first-order valence-corrected chi connectivity index (χ1v) is 8.93. The number of nitrogens with one attached hydrogen (secondary N) is 1. The topological polar surface area (TPSA) is 37.4 Å². The van der Waals surface area contributed by atoms with Crippen molar-refractivity contribution in [1.29, 1.82) is 0 Å². The minimum absolute atomic E-state index is 0. The lowest BCUT2D eigenvalue weighted by Gasteiger charge is -2.33. The van der Waals surface area contributed by atoms with Crippen LogP contribution < -0.4 is 10.1 Å². The first-order chi connectivity index (χ1) is 11.8. The van der Waals surface area contributed by atoms with E-state index in [0.29, 0.717) is 11.8 Å². The molecule has 0 bridgehead atoms. The minimum Gasteiger partial charge on any atom is -0.487 e. The maximum atomic E-state index is 14.3. The third kappa shape index (κ3) is 4.40. The van der Waals surface area contributed by atoms with Crippen molar-refractivity contribution in [1.82, 2.24) is 15.2 Å². The molecule has 0 aliphatic carbocycles. The van der Waals surface area contributed by atoms with Crippen molar-refractivity contribution in [2.24, 2.45) is 0 Å². The van der Waals surface area contributed by atoms with E-state index in [-0.39, 0.29) is 24.3 Å². The van der Waals surface area contributed by atoms with Crippen LogP contribution in [-0.4, -0.2) is 48.2 Å². The third-order valence-corrected chi connectivity index (χ3v) is 5.16. The fourth-order valence-electron chi connectivity index (χ4n) is 3.79. The molecule has 0 radical (unpaired) electrons. The number of fused-ring (bicyclic) bond motifs is 1. The molecule has 2 aliphatic rings. The molecule has 1 atom stereocenters. The zero-order chi connectivity index (χ0) is 16.4. The van der Waals surface area contributed by atoms with Crippen LogP contribution >= 0.6 is 12.4 Å². The molecule has 2 aliphatic heterocycles. The maximum Gasteiger partial charge on any atom is 0.165 e. The number of ether oxygens (including phenoxy) is 1. The van der Waals surface area contributed by atoms with E-state index in [4.69, 9.17) is 4.74 Å². The number of pyridine rings is 1. The van der Waals surface area contributed by atoms with Crippen LogP contribution in [-0.2, 0) is 0 Å². The molecule has 25 heavy (non-hydrogen) atoms. The molecule has 4 rings (SSSR count). The van der Waals surface area contributed by atoms with Gasteiger partial charge in [-0.2, -0.15) is 0 Å². The quantitative estimate of drug-likeness (QED) is 0.901. The molecule has 0 spiro atoms. The number of hydrogen-bond acceptors (Lipinski definition) is 4. The lowest BCUT2D eigenvalue weighted by Crippen LogP contribution is -2.44. The van der Waals surface area contributed by atoms with Gasteiger partial charge in [-0.3, -0.25) is 4.98 Å². The van der Waals surface area contributed by atoms with Gasteiger partial charge in [0.1, 0.15) is 6.10 Å². The van der Waals surface area contributed by atoms with Crippen LogP contribution in [0, 0.1) is 5.82 Å². The number of likely N-dealkylation sites (tertiary alicyclic amines) is 1. The van der Waals surface area contributed by atoms with E-state index in [1.165, 1.54) is 18.9 Å². The molecule has 3 heterocycles. The summed E-state index contributed by atoms with van der Waals surface area (Å²) in [6, 6.07) is 5.84. The van der Waals surface area contributed by atoms with Gasteiger partial charge < -0.3 is 15.0 Å². The summed E-state index contributed by atoms with van der Waals surface area (Å²) < 4.78 is 20.2. The average molecular weight is 366 g/mol. The Morgan fingerprint density at radius 3 is 2.80 bits per heavy atom. The Morgan fingerprint density at radius 1 is 1.20 bits per heavy atom. The van der Waals surface area contributed by atoms with Crippen LogP contribution in [0.25, 0.3) is 10.8 Å². The van der Waals surface area contributed by atoms with Crippen molar-refractivity contribution in [3.63, 3.8) is 0 Å². The first kappa shape index (κ1) is 18.4. The lowest BCUT2D eigenvalue weighted by atomic mass is 10.1. The average Bonchev–Trinajstić information content (AvgIpc) is 3.10. The predicted octanol–water partition coefficient (Wildman–Crippen LogP) is 3.39. The molecule has 0 amide bonds. The summed E-state index contributed by atoms with van der Waals surface area (Å²) in [6.45, 7) is 4.34. The standard InChI is InChI=1S/C19H24FN3O.ClH/c20-18-10-15-12-21-7-3-14(15)11-19(18)24-17-4-8-23(9-5-17)13-16-2-1-6-22-16;/h3,7,10-12,16-17,22H,1-2,4-6,8-9,13H2;1H/t16-;/m1./s1. The van der Waals surface area contributed by atoms with E-state index in [0.717, 1.165) is 49.8 Å². The molecule has 4 nitrogen and oxygen atoms in total. The Hall–Kier alpha value is -1.43. The van der Waals surface area contributed by atoms with Crippen LogP contribution in [0.1, 0.15) is 25.7 Å². The van der Waals surface area contributed by atoms with Gasteiger partial charge in [-0.1, -0.05) is 0 Å². The highest BCUT2D eigenvalue weighted by Gasteiger charge is 2.24. The number of benzene rings is 1. The zero-order valence-corrected chi connectivity index (χ0v) is 15.1. The predicted molar refractivity (Wildman–Crippen MR) is 100 cm³/mol. The molecule has 6 heteroatoms. The summed E-state index contributed by atoms with van der Waals surface area (Å²) in [7, 11) is 0. The molecule has 1 aromatic heterocycles. The Balaban J connectivity index is 0.00000182. The fourth-order valence-corrected chi connectivity index (χ4v) is 3.79. The Bertz CT molecular complexity index is 700. The third-order valence-electron chi connectivity index (χ3n) is 5.16. The highest BCUT2D eigenvalue weighted by molar-refractivity contribution is 5.85. The van der Waals surface area contributed by atoms with Crippen LogP contribution in [0.15, 0.2) is 30.6 Å². The smallest absolute Gasteiger partial charge is 0.165 e. The molecule has 0 saturated carbocycles. The summed E-state index contributed by atoms with van der Waals surface area (Å²) in [5, 5.41) is 5.32. The molecule has 2 fully saturated rings. The zero-order valence-electron chi connectivity index (χ0n) is 14.3. The summed E-state index contributed by atoms with van der Waals surface area (Å²) in [6.07, 6.45) is 8.00. The van der Waals surface area contributed by atoms with Crippen molar-refractivity contribution < 1.29 is 9.13 Å². The lowest BCUT2D eigenvalue weighted by molar-refractivity contribution is 0.0929. The highest BCUT2D eigenvalue weighted by atomic mass is 35.5. The van der Waals surface area contributed by atoms with Gasteiger partial charge in [-0.05, 0) is 55.8 Å². The molecule has 0 unspecified atom stereocenters. The normalized spacial score (nSPS) is 22.0. The molecular weight excluding hydrogens is 341 g/mol. The van der Waals surface area contributed by atoms with E-state index in [1.807, 2.05) is 6.07 Å². The number of rotatable bonds is 4. The fraction of sp³-hybridized carbons (Fsp3) is 0.526. The number of aromatic nitrogens is 1. The SMILES string of the molecule is Cl.Fc1cc2cnccc2cc1OC1CCN(C[C@H]2CCCN2)CC1. The van der Waals surface area contributed by atoms with Crippen molar-refractivity contribution >= 4 is 23.2 Å². The Kier molecular flexibility index (Phi) is 6.10. The van der Waals surface area contributed by atoms with Gasteiger partial charge in [0.05, 0.1) is 0 Å². The minimum atomic E-state index is -0.298. The maximum absolute atomic E-state index is 14.3. The number of halogens is 2. The van der Waals surface area contributed by atoms with Crippen molar-refractivity contribution in [3.8, 4) is 5.75 Å². The van der Waals surface area contributed by atoms with E-state index in [2.05, 4.69) is 15.2 Å². The monoisotopic (exact) mass is 365 g/mol. The van der Waals surface area contributed by atoms with Gasteiger partial charge in [-0.25, -0.2) is 4.39 Å². The van der Waals surface area contributed by atoms with Crippen LogP contribution in [0.3, 0.4) is 0 Å². The van der Waals surface area contributed by atoms with Gasteiger partial charge in [-0.15, -0.1) is 12.4 Å². The van der Waals surface area contributed by atoms with Gasteiger partial charge in [0.2, 0.25) is 0 Å². The number of nitrogens with zero attached hydrogens (tertiary/aromatic N) is 2. The van der Waals surface area contributed by atoms with Crippen molar-refractivity contribution in [2.45, 2.75) is 37.8 Å². The van der Waals surface area contributed by atoms with Crippen LogP contribution in [0.5, 0.6) is 5.75 Å². The van der Waals surface area contributed by atoms with E-state index in [9.17, 15) is 4.39 Å². The summed E-state index contributed by atoms with van der Waals surface area (Å²) in [4.78, 5) is 6.54. The number of hydrogen-bond donors (Lipinski definition) is 1. The second kappa shape index (κ2) is 8.30. The van der Waals surface area contributed by atoms with E-state index in [1.54, 1.807) is 18.5 Å². The first-order valence-electron chi connectivity index (χ1n) is 8.93.